The van der Waals surface area contributed by atoms with Gasteiger partial charge in [-0.25, -0.2) is 19.2 Å². The molecule has 2 aliphatic rings. The number of aliphatic carboxylic acids is 1. The summed E-state index contributed by atoms with van der Waals surface area (Å²) in [6.45, 7) is 2.84. The molecular formula is C28H31FN6O11. The summed E-state index contributed by atoms with van der Waals surface area (Å²) in [4.78, 5) is 38.6. The van der Waals surface area contributed by atoms with Gasteiger partial charge in [-0.3, -0.25) is 9.69 Å². The lowest BCUT2D eigenvalue weighted by atomic mass is 9.95. The van der Waals surface area contributed by atoms with E-state index in [2.05, 4.69) is 25.6 Å². The summed E-state index contributed by atoms with van der Waals surface area (Å²) in [7, 11) is 4.35. The molecule has 0 unspecified atom stereocenters. The molecule has 1 saturated heterocycles. The van der Waals surface area contributed by atoms with Gasteiger partial charge in [0.2, 0.25) is 11.7 Å². The first-order valence-electron chi connectivity index (χ1n) is 13.6. The van der Waals surface area contributed by atoms with E-state index in [4.69, 9.17) is 23.7 Å². The van der Waals surface area contributed by atoms with Crippen molar-refractivity contribution in [2.24, 2.45) is 0 Å². The average molecular weight is 647 g/mol. The monoisotopic (exact) mass is 646 g/mol. The van der Waals surface area contributed by atoms with Crippen LogP contribution in [0.25, 0.3) is 0 Å². The van der Waals surface area contributed by atoms with E-state index in [0.717, 1.165) is 11.1 Å². The van der Waals surface area contributed by atoms with Gasteiger partial charge in [0.1, 0.15) is 24.1 Å². The number of methoxy groups -OCH3 is 3. The number of aliphatic hydroxyl groups is 3. The number of nitrogens with zero attached hydrogens (tertiary/aromatic N) is 4. The van der Waals surface area contributed by atoms with Gasteiger partial charge in [-0.1, -0.05) is 0 Å². The van der Waals surface area contributed by atoms with E-state index in [1.54, 1.807) is 12.1 Å². The number of ether oxygens (including phenoxy) is 5. The lowest BCUT2D eigenvalue weighted by Crippen LogP contribution is -2.68. The van der Waals surface area contributed by atoms with Crippen molar-refractivity contribution in [3.63, 3.8) is 0 Å². The van der Waals surface area contributed by atoms with Gasteiger partial charge < -0.3 is 54.7 Å². The predicted octanol–water partition coefficient (Wildman–Crippen LogP) is 0.920. The summed E-state index contributed by atoms with van der Waals surface area (Å²) < 4.78 is 42.1. The van der Waals surface area contributed by atoms with Gasteiger partial charge in [0, 0.05) is 17.8 Å². The van der Waals surface area contributed by atoms with Crippen molar-refractivity contribution in [3.05, 3.63) is 36.3 Å². The van der Waals surface area contributed by atoms with E-state index in [0.29, 0.717) is 22.9 Å². The molecule has 6 N–H and O–H groups in total. The number of carbonyl (C=O) groups excluding carboxylic acids is 1. The first-order chi connectivity index (χ1) is 21.8. The molecule has 246 valence electrons. The highest BCUT2D eigenvalue weighted by Gasteiger charge is 2.54. The minimum absolute atomic E-state index is 0.0198. The number of nitrogens with one attached hydrogen (secondary N) is 2. The molecule has 17 nitrogen and oxygen atoms in total. The molecule has 4 heterocycles. The number of anilines is 5. The van der Waals surface area contributed by atoms with Crippen LogP contribution in [0.2, 0.25) is 0 Å². The molecule has 3 aromatic rings. The van der Waals surface area contributed by atoms with Crippen LogP contribution in [0.5, 0.6) is 23.0 Å². The van der Waals surface area contributed by atoms with Crippen molar-refractivity contribution in [1.29, 1.82) is 0 Å². The van der Waals surface area contributed by atoms with E-state index in [-0.39, 0.29) is 29.2 Å². The number of pyridine rings is 1. The molecule has 0 aliphatic carbocycles. The van der Waals surface area contributed by atoms with Gasteiger partial charge in [-0.15, -0.1) is 0 Å². The Bertz CT molecular complexity index is 1640. The van der Waals surface area contributed by atoms with E-state index < -0.39 is 53.9 Å². The smallest absolute Gasteiger partial charge is 0.335 e. The maximum absolute atomic E-state index is 14.9. The zero-order chi connectivity index (χ0) is 33.5. The summed E-state index contributed by atoms with van der Waals surface area (Å²) >= 11 is 0. The minimum atomic E-state index is -1.99. The number of aromatic nitrogens is 3. The highest BCUT2D eigenvalue weighted by molar-refractivity contribution is 6.02. The summed E-state index contributed by atoms with van der Waals surface area (Å²) in [6, 6.07) is 5.97. The molecular weight excluding hydrogens is 615 g/mol. The molecule has 5 rings (SSSR count). The van der Waals surface area contributed by atoms with Gasteiger partial charge >= 0.3 is 5.97 Å². The summed E-state index contributed by atoms with van der Waals surface area (Å²) in [5, 5.41) is 46.4. The zero-order valence-electron chi connectivity index (χ0n) is 25.1. The van der Waals surface area contributed by atoms with E-state index in [9.17, 15) is 34.4 Å². The number of amides is 1. The Morgan fingerprint density at radius 2 is 1.67 bits per heavy atom. The third kappa shape index (κ3) is 5.85. The number of halogens is 1. The minimum Gasteiger partial charge on any atom is -0.493 e. The van der Waals surface area contributed by atoms with Gasteiger partial charge in [-0.05, 0) is 26.0 Å². The molecule has 0 radical (unpaired) electrons. The van der Waals surface area contributed by atoms with Crippen LogP contribution in [0.3, 0.4) is 0 Å². The van der Waals surface area contributed by atoms with Gasteiger partial charge in [0.05, 0.1) is 27.5 Å². The fourth-order valence-corrected chi connectivity index (χ4v) is 4.90. The van der Waals surface area contributed by atoms with Crippen LogP contribution < -0.4 is 34.5 Å². The van der Waals surface area contributed by atoms with Gasteiger partial charge in [-0.2, -0.15) is 4.98 Å². The lowest BCUT2D eigenvalue weighted by molar-refractivity contribution is -0.228. The SMILES string of the molecule is COc1cc(Nc2ncc(F)c(Nc3ccc4c(n3)N([C@@H]3O[C@H](C(=O)O)[C@@H](O)[C@H](O)[C@H]3O)C(=O)C(C)(C)O4)n2)cc(OC)c1OC. The van der Waals surface area contributed by atoms with Crippen LogP contribution in [-0.2, 0) is 14.3 Å². The van der Waals surface area contributed by atoms with Crippen LogP contribution in [0, 0.1) is 5.82 Å². The molecule has 1 amide bonds. The normalized spacial score (nSPS) is 23.5. The van der Waals surface area contributed by atoms with Crippen molar-refractivity contribution < 1.29 is 58.1 Å². The third-order valence-corrected chi connectivity index (χ3v) is 7.16. The number of hydrogen-bond donors (Lipinski definition) is 6. The van der Waals surface area contributed by atoms with Crippen molar-refractivity contribution in [3.8, 4) is 23.0 Å². The fourth-order valence-electron chi connectivity index (χ4n) is 4.90. The quantitative estimate of drug-likeness (QED) is 0.190. The number of carboxylic acid groups (broad SMARTS) is 1. The topological polar surface area (TPSA) is 227 Å². The number of carbonyl (C=O) groups is 2. The molecule has 2 aromatic heterocycles. The maximum Gasteiger partial charge on any atom is 0.335 e. The predicted molar refractivity (Wildman–Crippen MR) is 155 cm³/mol. The van der Waals surface area contributed by atoms with Crippen molar-refractivity contribution in [2.45, 2.75) is 50.1 Å². The van der Waals surface area contributed by atoms with E-state index in [1.807, 2.05) is 0 Å². The molecule has 0 spiro atoms. The molecule has 1 fully saturated rings. The second-order valence-corrected chi connectivity index (χ2v) is 10.6. The van der Waals surface area contributed by atoms with Gasteiger partial charge in [0.25, 0.3) is 5.91 Å². The molecule has 1 aromatic carbocycles. The Labute approximate surface area is 260 Å². The first-order valence-corrected chi connectivity index (χ1v) is 13.6. The highest BCUT2D eigenvalue weighted by atomic mass is 19.1. The summed E-state index contributed by atoms with van der Waals surface area (Å²) in [5.41, 5.74) is -1.12. The Balaban J connectivity index is 1.48. The molecule has 46 heavy (non-hydrogen) atoms. The molecule has 2 aliphatic heterocycles. The molecule has 5 atom stereocenters. The standard InChI is InChI=1S/C28H31FN6O11/c1-28(2)26(41)35(24-19(38)17(36)18(37)21(45-24)25(39)40)23-13(46-28)6-7-16(33-23)32-22-12(29)10-30-27(34-22)31-11-8-14(42-3)20(44-5)15(9-11)43-4/h6-10,17-19,21,24,36-38H,1-5H3,(H,39,40)(H2,30,31,32,33,34)/t17-,18-,19+,21-,24+/m0/s1. The Hall–Kier alpha value is -5.04. The van der Waals surface area contributed by atoms with Crippen LogP contribution in [0.4, 0.5) is 33.5 Å². The Kier molecular flexibility index (Phi) is 8.72. The largest absolute Gasteiger partial charge is 0.493 e. The van der Waals surface area contributed by atoms with E-state index >= 15 is 0 Å². The Morgan fingerprint density at radius 1 is 1.00 bits per heavy atom. The van der Waals surface area contributed by atoms with Crippen LogP contribution in [0.1, 0.15) is 13.8 Å². The fraction of sp³-hybridized carbons (Fsp3) is 0.393. The van der Waals surface area contributed by atoms with Crippen molar-refractivity contribution in [2.75, 3.05) is 36.9 Å². The van der Waals surface area contributed by atoms with E-state index in [1.165, 1.54) is 47.3 Å². The zero-order valence-corrected chi connectivity index (χ0v) is 25.1. The van der Waals surface area contributed by atoms with Crippen LogP contribution >= 0.6 is 0 Å². The second-order valence-electron chi connectivity index (χ2n) is 10.6. The van der Waals surface area contributed by atoms with Crippen LogP contribution in [-0.4, -0.2) is 105 Å². The Morgan fingerprint density at radius 3 is 2.28 bits per heavy atom. The maximum atomic E-state index is 14.9. The molecule has 0 saturated carbocycles. The number of rotatable bonds is 9. The van der Waals surface area contributed by atoms with Crippen LogP contribution in [0.15, 0.2) is 30.5 Å². The molecule has 18 heteroatoms. The summed E-state index contributed by atoms with van der Waals surface area (Å²) in [6.07, 6.45) is -8.81. The highest BCUT2D eigenvalue weighted by Crippen LogP contribution is 2.42. The number of benzene rings is 1. The average Bonchev–Trinajstić information content (AvgIpc) is 3.02. The van der Waals surface area contributed by atoms with Gasteiger partial charge in [0.15, 0.2) is 52.6 Å². The first kappa shape index (κ1) is 32.4. The number of hydrogen-bond acceptors (Lipinski definition) is 15. The van der Waals surface area contributed by atoms with Crippen molar-refractivity contribution >= 4 is 41.0 Å². The third-order valence-electron chi connectivity index (χ3n) is 7.16. The van der Waals surface area contributed by atoms with Crippen molar-refractivity contribution in [1.82, 2.24) is 15.0 Å². The second kappa shape index (κ2) is 12.4. The number of aliphatic hydroxyl groups excluding tert-OH is 3. The summed E-state index contributed by atoms with van der Waals surface area (Å²) in [5.74, 6) is -2.94. The number of fused-ring (bicyclic) bond motifs is 1. The lowest BCUT2D eigenvalue weighted by Gasteiger charge is -2.47. The molecule has 0 bridgehead atoms. The number of carboxylic acids is 1.